The van der Waals surface area contributed by atoms with E-state index >= 15 is 0 Å². The molecule has 2 N–H and O–H groups in total. The average molecular weight is 494 g/mol. The number of hydrogen-bond donors (Lipinski definition) is 2. The van der Waals surface area contributed by atoms with Crippen molar-refractivity contribution < 1.29 is 0 Å². The van der Waals surface area contributed by atoms with Gasteiger partial charge in [0, 0.05) is 60.8 Å². The molecule has 5 heterocycles. The summed E-state index contributed by atoms with van der Waals surface area (Å²) in [6.07, 6.45) is 3.75. The molecule has 1 aromatic carbocycles. The van der Waals surface area contributed by atoms with E-state index in [1.54, 1.807) is 16.0 Å². The second kappa shape index (κ2) is 8.30. The number of hydrogen-bond acceptors (Lipinski definition) is 8. The zero-order valence-electron chi connectivity index (χ0n) is 19.1. The Balaban J connectivity index is 1.33. The largest absolute Gasteiger partial charge is 0.354 e. The number of thiazole rings is 1. The van der Waals surface area contributed by atoms with Crippen LogP contribution in [0.5, 0.6) is 0 Å². The van der Waals surface area contributed by atoms with Crippen molar-refractivity contribution in [2.75, 3.05) is 31.6 Å². The lowest BCUT2D eigenvalue weighted by Crippen LogP contribution is -2.25. The molecule has 0 spiro atoms. The lowest BCUT2D eigenvalue weighted by molar-refractivity contribution is 0.492. The molecule has 11 heteroatoms. The van der Waals surface area contributed by atoms with E-state index in [0.717, 1.165) is 53.3 Å². The smallest absolute Gasteiger partial charge is 0.202 e. The second-order valence-electron chi connectivity index (χ2n) is 8.82. The van der Waals surface area contributed by atoms with Crippen LogP contribution in [0.1, 0.15) is 16.6 Å². The van der Waals surface area contributed by atoms with Crippen molar-refractivity contribution in [1.82, 2.24) is 40.2 Å². The van der Waals surface area contributed by atoms with Crippen LogP contribution >= 0.6 is 22.9 Å². The van der Waals surface area contributed by atoms with Crippen LogP contribution in [0.3, 0.4) is 0 Å². The lowest BCUT2D eigenvalue weighted by atomic mass is 9.97. The first-order chi connectivity index (χ1) is 16.5. The van der Waals surface area contributed by atoms with Crippen molar-refractivity contribution in [1.29, 1.82) is 0 Å². The van der Waals surface area contributed by atoms with Crippen molar-refractivity contribution in [3.05, 3.63) is 45.6 Å². The van der Waals surface area contributed by atoms with Gasteiger partial charge in [0.2, 0.25) is 5.65 Å². The summed E-state index contributed by atoms with van der Waals surface area (Å²) in [5, 5.41) is 20.2. The Morgan fingerprint density at radius 3 is 2.94 bits per heavy atom. The van der Waals surface area contributed by atoms with Gasteiger partial charge in [0.25, 0.3) is 0 Å². The first-order valence-corrected chi connectivity index (χ1v) is 12.4. The molecule has 2 atom stereocenters. The predicted octanol–water partition coefficient (Wildman–Crippen LogP) is 3.76. The Kier molecular flexibility index (Phi) is 5.23. The SMILES string of the molecule is CNC[C@@H]1CN(c2cnc3c(-c4ccc5nn(C)cc5c4Cl)[nH]nc3n2)C[C@@H]1c1nc(C)cs1. The summed E-state index contributed by atoms with van der Waals surface area (Å²) in [5.41, 5.74) is 4.80. The number of aromatic nitrogens is 7. The first-order valence-electron chi connectivity index (χ1n) is 11.2. The van der Waals surface area contributed by atoms with Gasteiger partial charge in [-0.1, -0.05) is 11.6 Å². The number of fused-ring (bicyclic) bond motifs is 2. The number of nitrogens with one attached hydrogen (secondary N) is 2. The molecule has 0 unspecified atom stereocenters. The number of benzene rings is 1. The van der Waals surface area contributed by atoms with Crippen molar-refractivity contribution >= 4 is 50.8 Å². The molecule has 174 valence electrons. The fourth-order valence-electron chi connectivity index (χ4n) is 4.85. The van der Waals surface area contributed by atoms with Crippen LogP contribution in [-0.2, 0) is 7.05 Å². The summed E-state index contributed by atoms with van der Waals surface area (Å²) in [6.45, 7) is 4.73. The van der Waals surface area contributed by atoms with Gasteiger partial charge >= 0.3 is 0 Å². The minimum Gasteiger partial charge on any atom is -0.354 e. The third kappa shape index (κ3) is 3.53. The molecule has 0 saturated carbocycles. The molecular formula is C23H24ClN9S. The van der Waals surface area contributed by atoms with Gasteiger partial charge in [0.1, 0.15) is 11.3 Å². The molecule has 1 fully saturated rings. The van der Waals surface area contributed by atoms with Crippen LogP contribution in [0, 0.1) is 12.8 Å². The van der Waals surface area contributed by atoms with E-state index in [1.807, 2.05) is 45.5 Å². The Hall–Kier alpha value is -3.08. The van der Waals surface area contributed by atoms with Crippen LogP contribution in [0.2, 0.25) is 5.02 Å². The van der Waals surface area contributed by atoms with Gasteiger partial charge in [-0.2, -0.15) is 10.2 Å². The van der Waals surface area contributed by atoms with Crippen molar-refractivity contribution in [3.63, 3.8) is 0 Å². The second-order valence-corrected chi connectivity index (χ2v) is 10.1. The quantitative estimate of drug-likeness (QED) is 0.384. The molecule has 0 aliphatic carbocycles. The van der Waals surface area contributed by atoms with E-state index in [2.05, 4.69) is 30.9 Å². The molecule has 5 aromatic rings. The zero-order chi connectivity index (χ0) is 23.4. The van der Waals surface area contributed by atoms with E-state index in [1.165, 1.54) is 5.01 Å². The predicted molar refractivity (Wildman–Crippen MR) is 136 cm³/mol. The number of aromatic amines is 1. The molecule has 34 heavy (non-hydrogen) atoms. The number of H-pyrrole nitrogens is 1. The van der Waals surface area contributed by atoms with Gasteiger partial charge < -0.3 is 10.2 Å². The lowest BCUT2D eigenvalue weighted by Gasteiger charge is -2.16. The molecular weight excluding hydrogens is 470 g/mol. The minimum absolute atomic E-state index is 0.364. The molecule has 1 aliphatic rings. The normalized spacial score (nSPS) is 18.5. The summed E-state index contributed by atoms with van der Waals surface area (Å²) < 4.78 is 1.76. The number of aryl methyl sites for hydroxylation is 2. The molecule has 0 amide bonds. The summed E-state index contributed by atoms with van der Waals surface area (Å²) in [5.74, 6) is 1.65. The number of nitrogens with zero attached hydrogens (tertiary/aromatic N) is 7. The van der Waals surface area contributed by atoms with Crippen molar-refractivity contribution in [2.24, 2.45) is 13.0 Å². The van der Waals surface area contributed by atoms with Gasteiger partial charge in [-0.3, -0.25) is 9.78 Å². The summed E-state index contributed by atoms with van der Waals surface area (Å²) in [7, 11) is 3.88. The number of halogens is 1. The topological polar surface area (TPSA) is 100 Å². The Morgan fingerprint density at radius 1 is 1.26 bits per heavy atom. The fraction of sp³-hybridized carbons (Fsp3) is 0.348. The molecule has 4 aromatic heterocycles. The molecule has 6 rings (SSSR count). The Bertz CT molecular complexity index is 1500. The maximum Gasteiger partial charge on any atom is 0.202 e. The van der Waals surface area contributed by atoms with Gasteiger partial charge in [-0.15, -0.1) is 11.3 Å². The van der Waals surface area contributed by atoms with Gasteiger partial charge in [0.05, 0.1) is 27.4 Å². The highest BCUT2D eigenvalue weighted by atomic mass is 35.5. The summed E-state index contributed by atoms with van der Waals surface area (Å²) in [4.78, 5) is 16.7. The van der Waals surface area contributed by atoms with E-state index < -0.39 is 0 Å². The van der Waals surface area contributed by atoms with E-state index in [-0.39, 0.29) is 0 Å². The highest BCUT2D eigenvalue weighted by Crippen LogP contribution is 2.38. The molecule has 0 radical (unpaired) electrons. The highest BCUT2D eigenvalue weighted by molar-refractivity contribution is 7.09. The van der Waals surface area contributed by atoms with Crippen molar-refractivity contribution in [2.45, 2.75) is 12.8 Å². The standard InChI is InChI=1S/C23H24ClN9S/c1-12-11-34-23(27-12)15-10-33(8-13(15)6-25-2)18-7-26-21-20(29-30-22(21)28-18)14-4-5-17-16(19(14)24)9-32(3)31-17/h4-5,7,9,11,13,15,25H,6,8,10H2,1-3H3,(H,28,29,30)/t13-,15+/m1/s1. The monoisotopic (exact) mass is 493 g/mol. The minimum atomic E-state index is 0.364. The third-order valence-corrected chi connectivity index (χ3v) is 7.95. The maximum atomic E-state index is 6.73. The molecule has 1 aliphatic heterocycles. The van der Waals surface area contributed by atoms with Gasteiger partial charge in [-0.25, -0.2) is 15.0 Å². The number of rotatable bonds is 5. The van der Waals surface area contributed by atoms with Gasteiger partial charge in [-0.05, 0) is 32.0 Å². The third-order valence-electron chi connectivity index (χ3n) is 6.44. The maximum absolute atomic E-state index is 6.73. The van der Waals surface area contributed by atoms with E-state index in [0.29, 0.717) is 28.0 Å². The van der Waals surface area contributed by atoms with E-state index in [9.17, 15) is 0 Å². The summed E-state index contributed by atoms with van der Waals surface area (Å²) >= 11 is 8.48. The van der Waals surface area contributed by atoms with Crippen LogP contribution in [0.25, 0.3) is 33.3 Å². The Morgan fingerprint density at radius 2 is 2.15 bits per heavy atom. The van der Waals surface area contributed by atoms with Crippen LogP contribution in [0.15, 0.2) is 29.9 Å². The average Bonchev–Trinajstić information content (AvgIpc) is 3.59. The van der Waals surface area contributed by atoms with Gasteiger partial charge in [0.15, 0.2) is 0 Å². The highest BCUT2D eigenvalue weighted by Gasteiger charge is 2.36. The zero-order valence-corrected chi connectivity index (χ0v) is 20.7. The van der Waals surface area contributed by atoms with Crippen molar-refractivity contribution in [3.8, 4) is 11.3 Å². The molecule has 1 saturated heterocycles. The van der Waals surface area contributed by atoms with Crippen LogP contribution < -0.4 is 10.2 Å². The van der Waals surface area contributed by atoms with Crippen LogP contribution in [0.4, 0.5) is 5.82 Å². The Labute approximate surface area is 205 Å². The fourth-order valence-corrected chi connectivity index (χ4v) is 6.13. The van der Waals surface area contributed by atoms with E-state index in [4.69, 9.17) is 26.6 Å². The number of anilines is 1. The first kappa shape index (κ1) is 21.5. The summed E-state index contributed by atoms with van der Waals surface area (Å²) in [6, 6.07) is 3.90. The van der Waals surface area contributed by atoms with Crippen LogP contribution in [-0.4, -0.2) is 61.6 Å². The molecule has 0 bridgehead atoms. The molecule has 9 nitrogen and oxygen atoms in total.